The number of rotatable bonds is 10. The average molecular weight is 310 g/mol. The first-order chi connectivity index (χ1) is 10.3. The zero-order chi connectivity index (χ0) is 17.0. The maximum atomic E-state index is 11.5. The number of esters is 1. The number of carbonyl (C=O) groups excluding carboxylic acids is 1. The lowest BCUT2D eigenvalue weighted by Crippen LogP contribution is -2.21. The Balaban J connectivity index is 4.05. The maximum Gasteiger partial charge on any atom is 0.330 e. The molecule has 0 bridgehead atoms. The summed E-state index contributed by atoms with van der Waals surface area (Å²) in [4.78, 5) is 11.5. The van der Waals surface area contributed by atoms with Gasteiger partial charge in [-0.05, 0) is 53.4 Å². The number of aliphatic hydroxyl groups excluding tert-OH is 2. The summed E-state index contributed by atoms with van der Waals surface area (Å²) in [5.41, 5.74) is 3.65. The summed E-state index contributed by atoms with van der Waals surface area (Å²) in [7, 11) is 0. The molecule has 4 heteroatoms. The minimum atomic E-state index is -1.01. The molecule has 22 heavy (non-hydrogen) atoms. The molecule has 126 valence electrons. The Hall–Kier alpha value is -1.39. The Bertz CT molecular complexity index is 415. The molecule has 0 fully saturated rings. The highest BCUT2D eigenvalue weighted by Gasteiger charge is 2.05. The van der Waals surface area contributed by atoms with Crippen LogP contribution in [-0.4, -0.2) is 35.5 Å². The van der Waals surface area contributed by atoms with E-state index >= 15 is 0 Å². The molecule has 0 unspecified atom stereocenters. The number of hydrogen-bond acceptors (Lipinski definition) is 4. The van der Waals surface area contributed by atoms with Gasteiger partial charge in [-0.1, -0.05) is 28.9 Å². The Kier molecular flexibility index (Phi) is 11.4. The van der Waals surface area contributed by atoms with Gasteiger partial charge in [-0.2, -0.15) is 0 Å². The van der Waals surface area contributed by atoms with Crippen LogP contribution >= 0.6 is 0 Å². The van der Waals surface area contributed by atoms with Crippen LogP contribution < -0.4 is 0 Å². The second-order valence-electron chi connectivity index (χ2n) is 5.87. The molecule has 0 aliphatic heterocycles. The van der Waals surface area contributed by atoms with E-state index in [1.807, 2.05) is 6.92 Å². The van der Waals surface area contributed by atoms with E-state index in [0.29, 0.717) is 0 Å². The van der Waals surface area contributed by atoms with Gasteiger partial charge in [-0.25, -0.2) is 4.79 Å². The molecule has 1 atom stereocenters. The molecule has 0 radical (unpaired) electrons. The molecular formula is C18H30O4. The van der Waals surface area contributed by atoms with Crippen LogP contribution in [0.25, 0.3) is 0 Å². The third-order valence-corrected chi connectivity index (χ3v) is 3.12. The van der Waals surface area contributed by atoms with Crippen LogP contribution in [0, 0.1) is 0 Å². The third-order valence-electron chi connectivity index (χ3n) is 3.12. The van der Waals surface area contributed by atoms with Gasteiger partial charge in [0.15, 0.2) is 0 Å². The van der Waals surface area contributed by atoms with Gasteiger partial charge in [0.05, 0.1) is 6.61 Å². The lowest BCUT2D eigenvalue weighted by Gasteiger charge is -2.07. The first-order valence-corrected chi connectivity index (χ1v) is 7.77. The number of carbonyl (C=O) groups is 1. The fourth-order valence-corrected chi connectivity index (χ4v) is 1.78. The van der Waals surface area contributed by atoms with E-state index in [1.165, 1.54) is 17.2 Å². The van der Waals surface area contributed by atoms with Crippen molar-refractivity contribution in [3.05, 3.63) is 34.9 Å². The Morgan fingerprint density at radius 1 is 1.05 bits per heavy atom. The van der Waals surface area contributed by atoms with Gasteiger partial charge < -0.3 is 14.9 Å². The summed E-state index contributed by atoms with van der Waals surface area (Å²) in [6, 6.07) is 0. The van der Waals surface area contributed by atoms with Crippen molar-refractivity contribution in [2.24, 2.45) is 0 Å². The van der Waals surface area contributed by atoms with Crippen LogP contribution in [0.2, 0.25) is 0 Å². The minimum Gasteiger partial charge on any atom is -0.460 e. The zero-order valence-electron chi connectivity index (χ0n) is 14.3. The van der Waals surface area contributed by atoms with E-state index in [0.717, 1.165) is 31.3 Å². The highest BCUT2D eigenvalue weighted by molar-refractivity contribution is 5.82. The van der Waals surface area contributed by atoms with Crippen molar-refractivity contribution >= 4 is 5.97 Å². The number of ether oxygens (including phenoxy) is 1. The lowest BCUT2D eigenvalue weighted by atomic mass is 10.1. The van der Waals surface area contributed by atoms with E-state index in [-0.39, 0.29) is 6.61 Å². The normalized spacial score (nSPS) is 13.7. The first kappa shape index (κ1) is 20.6. The largest absolute Gasteiger partial charge is 0.460 e. The molecule has 0 aromatic rings. The summed E-state index contributed by atoms with van der Waals surface area (Å²) in [5, 5.41) is 17.7. The number of allylic oxidation sites excluding steroid dienone is 5. The zero-order valence-corrected chi connectivity index (χ0v) is 14.3. The van der Waals surface area contributed by atoms with Crippen LogP contribution in [0.3, 0.4) is 0 Å². The van der Waals surface area contributed by atoms with Gasteiger partial charge in [0.1, 0.15) is 12.7 Å². The van der Waals surface area contributed by atoms with Gasteiger partial charge in [-0.15, -0.1) is 0 Å². The maximum absolute atomic E-state index is 11.5. The predicted octanol–water partition coefficient (Wildman–Crippen LogP) is 3.30. The quantitative estimate of drug-likeness (QED) is 0.369. The fourth-order valence-electron chi connectivity index (χ4n) is 1.78. The Labute approximate surface area is 134 Å². The van der Waals surface area contributed by atoms with Gasteiger partial charge >= 0.3 is 5.97 Å². The molecule has 0 aliphatic carbocycles. The Morgan fingerprint density at radius 2 is 1.64 bits per heavy atom. The molecule has 2 N–H and O–H groups in total. The molecule has 0 aromatic carbocycles. The summed E-state index contributed by atoms with van der Waals surface area (Å²) in [6.45, 7) is 7.63. The average Bonchev–Trinajstić information content (AvgIpc) is 2.44. The van der Waals surface area contributed by atoms with Crippen molar-refractivity contribution in [1.29, 1.82) is 0 Å². The van der Waals surface area contributed by atoms with E-state index in [2.05, 4.69) is 32.9 Å². The van der Waals surface area contributed by atoms with E-state index in [4.69, 9.17) is 14.9 Å². The predicted molar refractivity (Wildman–Crippen MR) is 89.5 cm³/mol. The topological polar surface area (TPSA) is 66.8 Å². The highest BCUT2D eigenvalue weighted by Crippen LogP contribution is 2.11. The van der Waals surface area contributed by atoms with Gasteiger partial charge in [0, 0.05) is 6.08 Å². The molecular weight excluding hydrogens is 280 g/mol. The standard InChI is InChI=1S/C18H30O4/c1-14(2)7-5-8-15(3)9-6-10-16(4)11-18(21)22-13-17(20)12-19/h7,9,11,17,19-20H,5-6,8,10,12-13H2,1-4H3/b15-9?,16-11+/t17-/m0/s1. The Morgan fingerprint density at radius 3 is 2.23 bits per heavy atom. The summed E-state index contributed by atoms with van der Waals surface area (Å²) in [5.74, 6) is -0.478. The van der Waals surface area contributed by atoms with Crippen LogP contribution in [0.1, 0.15) is 53.4 Å². The third kappa shape index (κ3) is 12.4. The molecule has 0 rings (SSSR count). The van der Waals surface area contributed by atoms with Crippen molar-refractivity contribution in [1.82, 2.24) is 0 Å². The molecule has 4 nitrogen and oxygen atoms in total. The molecule has 0 amide bonds. The number of aliphatic hydroxyl groups is 2. The molecule has 0 saturated carbocycles. The van der Waals surface area contributed by atoms with Crippen molar-refractivity contribution in [3.8, 4) is 0 Å². The van der Waals surface area contributed by atoms with Crippen LogP contribution in [0.15, 0.2) is 34.9 Å². The molecule has 0 aromatic heterocycles. The monoisotopic (exact) mass is 310 g/mol. The smallest absolute Gasteiger partial charge is 0.330 e. The second kappa shape index (κ2) is 12.2. The molecule has 0 spiro atoms. The summed E-state index contributed by atoms with van der Waals surface area (Å²) >= 11 is 0. The van der Waals surface area contributed by atoms with Gasteiger partial charge in [0.2, 0.25) is 0 Å². The first-order valence-electron chi connectivity index (χ1n) is 7.77. The molecule has 0 aliphatic rings. The molecule has 0 heterocycles. The van der Waals surface area contributed by atoms with Crippen molar-refractivity contribution in [2.45, 2.75) is 59.5 Å². The minimum absolute atomic E-state index is 0.178. The second-order valence-corrected chi connectivity index (χ2v) is 5.87. The van der Waals surface area contributed by atoms with Gasteiger partial charge in [-0.3, -0.25) is 0 Å². The SMILES string of the molecule is CC(C)=CCCC(C)=CCC/C(C)=C/C(=O)OC[C@@H](O)CO. The fraction of sp³-hybridized carbons (Fsp3) is 0.611. The van der Waals surface area contributed by atoms with Gasteiger partial charge in [0.25, 0.3) is 0 Å². The van der Waals surface area contributed by atoms with Crippen LogP contribution in [-0.2, 0) is 9.53 Å². The van der Waals surface area contributed by atoms with Crippen LogP contribution in [0.5, 0.6) is 0 Å². The van der Waals surface area contributed by atoms with Crippen LogP contribution in [0.4, 0.5) is 0 Å². The van der Waals surface area contributed by atoms with E-state index < -0.39 is 18.7 Å². The lowest BCUT2D eigenvalue weighted by molar-refractivity contribution is -0.141. The van der Waals surface area contributed by atoms with Crippen molar-refractivity contribution in [2.75, 3.05) is 13.2 Å². The van der Waals surface area contributed by atoms with E-state index in [1.54, 1.807) is 0 Å². The van der Waals surface area contributed by atoms with E-state index in [9.17, 15) is 4.79 Å². The summed E-state index contributed by atoms with van der Waals surface area (Å²) in [6.07, 6.45) is 8.71. The molecule has 0 saturated heterocycles. The highest BCUT2D eigenvalue weighted by atomic mass is 16.5. The number of hydrogen-bond donors (Lipinski definition) is 2. The summed E-state index contributed by atoms with van der Waals surface area (Å²) < 4.78 is 4.82. The van der Waals surface area contributed by atoms with Crippen molar-refractivity contribution < 1.29 is 19.7 Å². The van der Waals surface area contributed by atoms with Crippen molar-refractivity contribution in [3.63, 3.8) is 0 Å².